The molecule has 7 aromatic rings. The van der Waals surface area contributed by atoms with Crippen LogP contribution in [0.4, 0.5) is 0 Å². The van der Waals surface area contributed by atoms with Crippen molar-refractivity contribution < 1.29 is 80.9 Å². The zero-order valence-corrected chi connectivity index (χ0v) is 49.8. The van der Waals surface area contributed by atoms with Crippen LogP contribution < -0.4 is 33.2 Å². The Kier molecular flexibility index (Phi) is 23.6. The van der Waals surface area contributed by atoms with E-state index in [-0.39, 0.29) is 59.5 Å². The van der Waals surface area contributed by atoms with Crippen molar-refractivity contribution in [3.05, 3.63) is 220 Å². The first-order valence-corrected chi connectivity index (χ1v) is 28.5. The molecule has 0 bridgehead atoms. The minimum absolute atomic E-state index is 0.0187. The first-order chi connectivity index (χ1) is 42.1. The molecule has 86 heavy (non-hydrogen) atoms. The van der Waals surface area contributed by atoms with Crippen LogP contribution in [0.1, 0.15) is 38.9 Å². The van der Waals surface area contributed by atoms with E-state index in [0.29, 0.717) is 34.3 Å². The number of aliphatic hydroxyl groups is 1. The third-order valence-electron chi connectivity index (χ3n) is 15.0. The lowest BCUT2D eigenvalue weighted by Crippen LogP contribution is -2.63. The standard InChI is InChI=1S/C69H78O17/c1-71-54-22-8-46(9-23-54)37-78-44-53-36-61(70)64(80-39-48-12-26-56(73-3)27-13-48)66(82-41-50-16-30-58(75-5)31-17-50)63(53)86-69-68(84-43-52-20-34-60(77-7)35-21-52)67(83-42-51-18-32-59(76-6)33-19-51)65(81-40-49-14-28-57(74-4)29-15-49)62(85-69)45-79-38-47-10-24-55(72-2)25-11-47/h8-36,61-70H,37-45H2,1-7H3/t61-,62+,63+,64-,65+,66-,67-,68+,69-/m0/s1. The van der Waals surface area contributed by atoms with Gasteiger partial charge in [-0.3, -0.25) is 0 Å². The van der Waals surface area contributed by atoms with Crippen molar-refractivity contribution in [2.24, 2.45) is 0 Å². The van der Waals surface area contributed by atoms with Gasteiger partial charge in [0.1, 0.15) is 89.1 Å². The molecule has 9 atom stereocenters. The Morgan fingerprint density at radius 1 is 0.314 bits per heavy atom. The second kappa shape index (κ2) is 32.3. The van der Waals surface area contributed by atoms with E-state index in [1.165, 1.54) is 0 Å². The van der Waals surface area contributed by atoms with E-state index in [0.717, 1.165) is 50.4 Å². The topological polar surface area (TPSA) is 168 Å². The number of ether oxygens (including phenoxy) is 16. The molecule has 1 aliphatic carbocycles. The van der Waals surface area contributed by atoms with E-state index in [2.05, 4.69) is 0 Å². The molecule has 0 aromatic heterocycles. The fourth-order valence-corrected chi connectivity index (χ4v) is 10.1. The van der Waals surface area contributed by atoms with Crippen LogP contribution in [0.25, 0.3) is 0 Å². The smallest absolute Gasteiger partial charge is 0.187 e. The van der Waals surface area contributed by atoms with Gasteiger partial charge in [0.05, 0.1) is 109 Å². The summed E-state index contributed by atoms with van der Waals surface area (Å²) in [6.07, 6.45) is -7.24. The molecular formula is C69H78O17. The summed E-state index contributed by atoms with van der Waals surface area (Å²) < 4.78 is 102. The van der Waals surface area contributed by atoms with E-state index < -0.39 is 55.1 Å². The SMILES string of the molecule is COc1ccc(COCC2=C[C@H](O)[C@H](OCc3ccc(OC)cc3)[C@@H](OCc3ccc(OC)cc3)[C@@H]2O[C@@H]2O[C@H](COCc3ccc(OC)cc3)[C@@H](OCc3ccc(OC)cc3)[C@H](OCc3ccc(OC)cc3)[C@H]2OCc2ccc(OC)cc2)cc1. The van der Waals surface area contributed by atoms with Gasteiger partial charge in [-0.05, 0) is 136 Å². The van der Waals surface area contributed by atoms with Crippen molar-refractivity contribution in [2.45, 2.75) is 101 Å². The summed E-state index contributed by atoms with van der Waals surface area (Å²) in [4.78, 5) is 0. The van der Waals surface area contributed by atoms with Gasteiger partial charge in [0.2, 0.25) is 0 Å². The molecule has 1 saturated heterocycles. The molecule has 0 saturated carbocycles. The summed E-state index contributed by atoms with van der Waals surface area (Å²) in [7, 11) is 11.4. The molecule has 1 fully saturated rings. The van der Waals surface area contributed by atoms with E-state index in [4.69, 9.17) is 75.8 Å². The zero-order chi connectivity index (χ0) is 60.0. The Hall–Kier alpha value is -7.52. The summed E-state index contributed by atoms with van der Waals surface area (Å²) in [5.74, 6) is 4.94. The molecule has 2 aliphatic rings. The number of methoxy groups -OCH3 is 7. The molecule has 0 unspecified atom stereocenters. The molecule has 0 radical (unpaired) electrons. The highest BCUT2D eigenvalue weighted by molar-refractivity contribution is 5.32. The van der Waals surface area contributed by atoms with Crippen LogP contribution in [0.2, 0.25) is 0 Å². The van der Waals surface area contributed by atoms with Gasteiger partial charge < -0.3 is 80.9 Å². The van der Waals surface area contributed by atoms with Crippen LogP contribution in [0, 0.1) is 0 Å². The Morgan fingerprint density at radius 2 is 0.605 bits per heavy atom. The van der Waals surface area contributed by atoms with Crippen LogP contribution in [0.15, 0.2) is 182 Å². The van der Waals surface area contributed by atoms with Gasteiger partial charge in [0.15, 0.2) is 6.29 Å². The van der Waals surface area contributed by atoms with Gasteiger partial charge in [-0.15, -0.1) is 0 Å². The van der Waals surface area contributed by atoms with Gasteiger partial charge in [-0.2, -0.15) is 0 Å². The Morgan fingerprint density at radius 3 is 0.953 bits per heavy atom. The third kappa shape index (κ3) is 17.6. The monoisotopic (exact) mass is 1180 g/mol. The number of aliphatic hydroxyl groups excluding tert-OH is 1. The largest absolute Gasteiger partial charge is 0.497 e. The van der Waals surface area contributed by atoms with Gasteiger partial charge >= 0.3 is 0 Å². The van der Waals surface area contributed by atoms with Crippen molar-refractivity contribution in [2.75, 3.05) is 63.0 Å². The maximum atomic E-state index is 12.4. The van der Waals surface area contributed by atoms with E-state index >= 15 is 0 Å². The van der Waals surface area contributed by atoms with Crippen molar-refractivity contribution in [3.8, 4) is 40.2 Å². The molecule has 17 nitrogen and oxygen atoms in total. The zero-order valence-electron chi connectivity index (χ0n) is 49.8. The molecule has 1 N–H and O–H groups in total. The number of hydrogen-bond acceptors (Lipinski definition) is 17. The molecular weight excluding hydrogens is 1100 g/mol. The molecule has 0 amide bonds. The highest BCUT2D eigenvalue weighted by atomic mass is 16.7. The highest BCUT2D eigenvalue weighted by Gasteiger charge is 2.52. The van der Waals surface area contributed by atoms with Crippen LogP contribution in [-0.2, 0) is 88.9 Å². The van der Waals surface area contributed by atoms with Crippen molar-refractivity contribution in [1.82, 2.24) is 0 Å². The van der Waals surface area contributed by atoms with E-state index in [9.17, 15) is 5.11 Å². The number of hydrogen-bond donors (Lipinski definition) is 1. The van der Waals surface area contributed by atoms with Crippen molar-refractivity contribution in [1.29, 1.82) is 0 Å². The first kappa shape index (κ1) is 63.0. The van der Waals surface area contributed by atoms with Crippen LogP contribution in [-0.4, -0.2) is 123 Å². The minimum Gasteiger partial charge on any atom is -0.497 e. The molecule has 1 heterocycles. The minimum atomic E-state index is -1.23. The average Bonchev–Trinajstić information content (AvgIpc) is 1.90. The fourth-order valence-electron chi connectivity index (χ4n) is 10.1. The molecule has 7 aromatic carbocycles. The second-order valence-corrected chi connectivity index (χ2v) is 20.7. The van der Waals surface area contributed by atoms with E-state index in [1.54, 1.807) is 55.8 Å². The van der Waals surface area contributed by atoms with Crippen LogP contribution in [0.5, 0.6) is 40.2 Å². The first-order valence-electron chi connectivity index (χ1n) is 28.5. The third-order valence-corrected chi connectivity index (χ3v) is 15.0. The van der Waals surface area contributed by atoms with E-state index in [1.807, 2.05) is 170 Å². The Bertz CT molecular complexity index is 3100. The maximum Gasteiger partial charge on any atom is 0.187 e. The average molecular weight is 1180 g/mol. The predicted molar refractivity (Wildman–Crippen MR) is 321 cm³/mol. The van der Waals surface area contributed by atoms with Crippen LogP contribution in [0.3, 0.4) is 0 Å². The fraction of sp³-hybridized carbons (Fsp3) is 0.362. The summed E-state index contributed by atoms with van der Waals surface area (Å²) in [6.45, 7) is 1.15. The molecule has 0 spiro atoms. The van der Waals surface area contributed by atoms with Gasteiger partial charge in [-0.1, -0.05) is 84.9 Å². The van der Waals surface area contributed by atoms with Crippen molar-refractivity contribution >= 4 is 0 Å². The molecule has 9 rings (SSSR count). The summed E-state index contributed by atoms with van der Waals surface area (Å²) in [5, 5.41) is 12.4. The van der Waals surface area contributed by atoms with Gasteiger partial charge in [0, 0.05) is 0 Å². The Balaban J connectivity index is 1.13. The quantitative estimate of drug-likeness (QED) is 0.0395. The van der Waals surface area contributed by atoms with Crippen LogP contribution >= 0.6 is 0 Å². The number of rotatable bonds is 32. The highest BCUT2D eigenvalue weighted by Crippen LogP contribution is 2.37. The molecule has 456 valence electrons. The molecule has 1 aliphatic heterocycles. The summed E-state index contributed by atoms with van der Waals surface area (Å²) in [6, 6.07) is 53.5. The lowest BCUT2D eigenvalue weighted by atomic mass is 9.88. The predicted octanol–water partition coefficient (Wildman–Crippen LogP) is 10.8. The number of benzene rings is 7. The summed E-state index contributed by atoms with van der Waals surface area (Å²) >= 11 is 0. The van der Waals surface area contributed by atoms with Gasteiger partial charge in [-0.25, -0.2) is 0 Å². The molecule has 17 heteroatoms. The second-order valence-electron chi connectivity index (χ2n) is 20.7. The lowest BCUT2D eigenvalue weighted by Gasteiger charge is -2.48. The lowest BCUT2D eigenvalue weighted by molar-refractivity contribution is -0.342. The summed E-state index contributed by atoms with van der Waals surface area (Å²) in [5.41, 5.74) is 6.69. The van der Waals surface area contributed by atoms with Gasteiger partial charge in [0.25, 0.3) is 0 Å². The maximum absolute atomic E-state index is 12.4. The normalized spacial score (nSPS) is 21.0. The Labute approximate surface area is 504 Å². The van der Waals surface area contributed by atoms with Crippen molar-refractivity contribution in [3.63, 3.8) is 0 Å².